The number of hydrogen-bond donors (Lipinski definition) is 2. The van der Waals surface area contributed by atoms with Crippen LogP contribution >= 0.6 is 0 Å². The highest BCUT2D eigenvalue weighted by atomic mass is 32.2. The molecule has 1 saturated heterocycles. The van der Waals surface area contributed by atoms with Crippen LogP contribution in [-0.4, -0.2) is 74.2 Å². The van der Waals surface area contributed by atoms with Gasteiger partial charge in [0.05, 0.1) is 24.7 Å². The quantitative estimate of drug-likeness (QED) is 0.368. The zero-order valence-corrected chi connectivity index (χ0v) is 20.0. The summed E-state index contributed by atoms with van der Waals surface area (Å²) in [6, 6.07) is 12.3. The van der Waals surface area contributed by atoms with Crippen LogP contribution in [-0.2, 0) is 10.0 Å². The number of nitrogens with zero attached hydrogens (tertiary/aromatic N) is 4. The van der Waals surface area contributed by atoms with E-state index in [1.807, 2.05) is 17.0 Å². The van der Waals surface area contributed by atoms with Gasteiger partial charge in [-0.15, -0.1) is 0 Å². The Kier molecular flexibility index (Phi) is 7.15. The highest BCUT2D eigenvalue weighted by Crippen LogP contribution is 2.33. The molecule has 4 rings (SSSR count). The van der Waals surface area contributed by atoms with Gasteiger partial charge in [0.2, 0.25) is 16.0 Å². The van der Waals surface area contributed by atoms with Crippen LogP contribution in [0.5, 0.6) is 11.5 Å². The summed E-state index contributed by atoms with van der Waals surface area (Å²) in [6.07, 6.45) is 2.61. The molecule has 0 saturated carbocycles. The number of carbonyl (C=O) groups is 1. The van der Waals surface area contributed by atoms with Gasteiger partial charge in [0.1, 0.15) is 0 Å². The Bertz CT molecular complexity index is 1290. The Morgan fingerprint density at radius 1 is 0.914 bits per heavy atom. The van der Waals surface area contributed by atoms with E-state index in [2.05, 4.69) is 9.97 Å². The summed E-state index contributed by atoms with van der Waals surface area (Å²) in [6.45, 7) is 1.33. The van der Waals surface area contributed by atoms with Crippen LogP contribution < -0.4 is 19.9 Å². The van der Waals surface area contributed by atoms with E-state index in [1.165, 1.54) is 22.2 Å². The van der Waals surface area contributed by atoms with E-state index in [9.17, 15) is 13.2 Å². The normalized spacial score (nSPS) is 14.4. The summed E-state index contributed by atoms with van der Waals surface area (Å²) in [5.74, 6) is 0.891. The number of methoxy groups -OCH3 is 2. The van der Waals surface area contributed by atoms with Crippen molar-refractivity contribution in [1.29, 1.82) is 0 Å². The van der Waals surface area contributed by atoms with E-state index in [4.69, 9.17) is 14.7 Å². The summed E-state index contributed by atoms with van der Waals surface area (Å²) in [5.41, 5.74) is 3.37. The molecule has 12 heteroatoms. The number of ether oxygens (including phenoxy) is 2. The minimum absolute atomic E-state index is 0.119. The molecule has 0 unspecified atom stereocenters. The number of sulfonamides is 1. The summed E-state index contributed by atoms with van der Waals surface area (Å²) in [4.78, 5) is 21.7. The molecule has 1 aliphatic heterocycles. The average Bonchev–Trinajstić information content (AvgIpc) is 2.92. The van der Waals surface area contributed by atoms with Gasteiger partial charge in [0.25, 0.3) is 5.91 Å². The van der Waals surface area contributed by atoms with Gasteiger partial charge in [-0.25, -0.2) is 23.9 Å². The third kappa shape index (κ3) is 5.04. The SMILES string of the molecule is COc1ccc(-c2ccc(S(=O)(=O)N3CCN(c4ncc(C(=O)NO)cn4)CC3)cc2)cc1OC. The fraction of sp³-hybridized carbons (Fsp3) is 0.261. The Labute approximate surface area is 203 Å². The largest absolute Gasteiger partial charge is 0.493 e. The number of rotatable bonds is 7. The van der Waals surface area contributed by atoms with E-state index in [-0.39, 0.29) is 23.5 Å². The van der Waals surface area contributed by atoms with Crippen molar-refractivity contribution in [2.24, 2.45) is 0 Å². The fourth-order valence-corrected chi connectivity index (χ4v) is 5.20. The first kappa shape index (κ1) is 24.4. The highest BCUT2D eigenvalue weighted by Gasteiger charge is 2.29. The Balaban J connectivity index is 1.44. The number of amides is 1. The molecule has 35 heavy (non-hydrogen) atoms. The van der Waals surface area contributed by atoms with Crippen LogP contribution in [0.2, 0.25) is 0 Å². The van der Waals surface area contributed by atoms with Crippen molar-refractivity contribution in [2.45, 2.75) is 4.90 Å². The van der Waals surface area contributed by atoms with Crippen molar-refractivity contribution in [3.05, 3.63) is 60.4 Å². The third-order valence-corrected chi connectivity index (χ3v) is 7.65. The standard InChI is InChI=1S/C23H25N5O6S/c1-33-20-8-5-17(13-21(20)34-2)16-3-6-19(7-4-16)35(31,32)28-11-9-27(10-12-28)23-24-14-18(15-25-23)22(29)26-30/h3-8,13-15,30H,9-12H2,1-2H3,(H,26,29). The minimum Gasteiger partial charge on any atom is -0.493 e. The van der Waals surface area contributed by atoms with E-state index < -0.39 is 15.9 Å². The molecule has 1 aliphatic rings. The van der Waals surface area contributed by atoms with Gasteiger partial charge in [0, 0.05) is 38.6 Å². The van der Waals surface area contributed by atoms with Gasteiger partial charge in [-0.2, -0.15) is 4.31 Å². The molecular weight excluding hydrogens is 474 g/mol. The maximum Gasteiger partial charge on any atom is 0.277 e. The molecular formula is C23H25N5O6S. The summed E-state index contributed by atoms with van der Waals surface area (Å²) < 4.78 is 38.4. The second-order valence-electron chi connectivity index (χ2n) is 7.70. The average molecular weight is 500 g/mol. The van der Waals surface area contributed by atoms with Crippen molar-refractivity contribution >= 4 is 21.9 Å². The minimum atomic E-state index is -3.67. The molecule has 1 fully saturated rings. The Morgan fingerprint density at radius 3 is 2.09 bits per heavy atom. The topological polar surface area (TPSA) is 134 Å². The number of benzene rings is 2. The van der Waals surface area contributed by atoms with Gasteiger partial charge in [0.15, 0.2) is 11.5 Å². The molecule has 1 aromatic heterocycles. The molecule has 0 radical (unpaired) electrons. The summed E-state index contributed by atoms with van der Waals surface area (Å²) >= 11 is 0. The van der Waals surface area contributed by atoms with Crippen molar-refractivity contribution in [3.8, 4) is 22.6 Å². The second-order valence-corrected chi connectivity index (χ2v) is 9.64. The lowest BCUT2D eigenvalue weighted by Gasteiger charge is -2.34. The van der Waals surface area contributed by atoms with Gasteiger partial charge in [-0.3, -0.25) is 10.0 Å². The number of anilines is 1. The van der Waals surface area contributed by atoms with Crippen LogP contribution in [0.25, 0.3) is 11.1 Å². The van der Waals surface area contributed by atoms with Gasteiger partial charge < -0.3 is 14.4 Å². The smallest absolute Gasteiger partial charge is 0.277 e. The Hall–Kier alpha value is -3.74. The van der Waals surface area contributed by atoms with Crippen molar-refractivity contribution < 1.29 is 27.9 Å². The molecule has 3 aromatic rings. The first-order chi connectivity index (χ1) is 16.9. The lowest BCUT2D eigenvalue weighted by molar-refractivity contribution is 0.0705. The zero-order chi connectivity index (χ0) is 25.0. The van der Waals surface area contributed by atoms with E-state index in [1.54, 1.807) is 44.6 Å². The molecule has 184 valence electrons. The number of hydrogen-bond acceptors (Lipinski definition) is 9. The predicted molar refractivity (Wildman–Crippen MR) is 127 cm³/mol. The van der Waals surface area contributed by atoms with Crippen LogP contribution in [0.3, 0.4) is 0 Å². The summed E-state index contributed by atoms with van der Waals surface area (Å²) in [5, 5.41) is 8.68. The molecule has 0 spiro atoms. The Morgan fingerprint density at radius 2 is 1.51 bits per heavy atom. The van der Waals surface area contributed by atoms with Crippen molar-refractivity contribution in [3.63, 3.8) is 0 Å². The third-order valence-electron chi connectivity index (χ3n) is 5.73. The van der Waals surface area contributed by atoms with Crippen molar-refractivity contribution in [2.75, 3.05) is 45.3 Å². The maximum atomic E-state index is 13.2. The van der Waals surface area contributed by atoms with E-state index >= 15 is 0 Å². The molecule has 1 amide bonds. The predicted octanol–water partition coefficient (Wildman–Crippen LogP) is 1.79. The van der Waals surface area contributed by atoms with Gasteiger partial charge in [-0.05, 0) is 35.4 Å². The van der Waals surface area contributed by atoms with Crippen LogP contribution in [0, 0.1) is 0 Å². The lowest BCUT2D eigenvalue weighted by atomic mass is 10.1. The number of hydroxylamine groups is 1. The number of aromatic nitrogens is 2. The number of carbonyl (C=O) groups excluding carboxylic acids is 1. The molecule has 0 atom stereocenters. The molecule has 11 nitrogen and oxygen atoms in total. The molecule has 2 heterocycles. The summed E-state index contributed by atoms with van der Waals surface area (Å²) in [7, 11) is -0.539. The molecule has 0 aliphatic carbocycles. The van der Waals surface area contributed by atoms with Gasteiger partial charge in [-0.1, -0.05) is 18.2 Å². The monoisotopic (exact) mass is 499 g/mol. The second kappa shape index (κ2) is 10.3. The fourth-order valence-electron chi connectivity index (χ4n) is 3.78. The highest BCUT2D eigenvalue weighted by molar-refractivity contribution is 7.89. The lowest BCUT2D eigenvalue weighted by Crippen LogP contribution is -2.49. The first-order valence-corrected chi connectivity index (χ1v) is 12.2. The number of nitrogens with one attached hydrogen (secondary N) is 1. The van der Waals surface area contributed by atoms with Crippen LogP contribution in [0.4, 0.5) is 5.95 Å². The molecule has 2 N–H and O–H groups in total. The van der Waals surface area contributed by atoms with Crippen LogP contribution in [0.15, 0.2) is 59.8 Å². The zero-order valence-electron chi connectivity index (χ0n) is 19.2. The van der Waals surface area contributed by atoms with E-state index in [0.717, 1.165) is 11.1 Å². The van der Waals surface area contributed by atoms with E-state index in [0.29, 0.717) is 30.5 Å². The molecule has 2 aromatic carbocycles. The van der Waals surface area contributed by atoms with Crippen molar-refractivity contribution in [1.82, 2.24) is 19.8 Å². The number of piperazine rings is 1. The van der Waals surface area contributed by atoms with Crippen LogP contribution in [0.1, 0.15) is 10.4 Å². The first-order valence-electron chi connectivity index (χ1n) is 10.7. The van der Waals surface area contributed by atoms with Gasteiger partial charge >= 0.3 is 0 Å². The molecule has 0 bridgehead atoms. The maximum absolute atomic E-state index is 13.2.